The Morgan fingerprint density at radius 2 is 2.00 bits per heavy atom. The molecular formula is C14H19NO3. The third-order valence-corrected chi connectivity index (χ3v) is 3.21. The van der Waals surface area contributed by atoms with Gasteiger partial charge in [-0.25, -0.2) is 0 Å². The first-order valence-corrected chi connectivity index (χ1v) is 6.28. The summed E-state index contributed by atoms with van der Waals surface area (Å²) < 4.78 is 5.57. The maximum atomic E-state index is 11.1. The Labute approximate surface area is 107 Å². The van der Waals surface area contributed by atoms with Gasteiger partial charge in [-0.2, -0.15) is 0 Å². The first kappa shape index (κ1) is 12.9. The number of nitrogens with one attached hydrogen (secondary N) is 1. The van der Waals surface area contributed by atoms with Crippen molar-refractivity contribution >= 4 is 5.97 Å². The molecule has 0 aliphatic carbocycles. The van der Waals surface area contributed by atoms with E-state index in [0.29, 0.717) is 6.54 Å². The monoisotopic (exact) mass is 249 g/mol. The van der Waals surface area contributed by atoms with Gasteiger partial charge in [-0.15, -0.1) is 0 Å². The lowest BCUT2D eigenvalue weighted by atomic mass is 9.89. The molecule has 0 radical (unpaired) electrons. The second-order valence-electron chi connectivity index (χ2n) is 4.95. The largest absolute Gasteiger partial charge is 0.491 e. The summed E-state index contributed by atoms with van der Waals surface area (Å²) in [6.45, 7) is 5.23. The molecule has 2 atom stereocenters. The Morgan fingerprint density at radius 1 is 1.33 bits per heavy atom. The molecule has 4 heteroatoms. The molecule has 0 aromatic heterocycles. The van der Waals surface area contributed by atoms with Crippen LogP contribution in [-0.4, -0.2) is 30.3 Å². The standard InChI is InChI=1S/C14H19NO3/c1-9(2)18-11-5-3-10(4-6-11)12-7-15-8-13(12)14(16)17/h3-6,9,12-13,15H,7-8H2,1-2H3,(H,16,17). The van der Waals surface area contributed by atoms with Gasteiger partial charge in [0.25, 0.3) is 0 Å². The Bertz CT molecular complexity index is 414. The Morgan fingerprint density at radius 3 is 2.56 bits per heavy atom. The third-order valence-electron chi connectivity index (χ3n) is 3.21. The van der Waals surface area contributed by atoms with E-state index in [9.17, 15) is 4.79 Å². The van der Waals surface area contributed by atoms with E-state index in [-0.39, 0.29) is 17.9 Å². The fourth-order valence-electron chi connectivity index (χ4n) is 2.35. The van der Waals surface area contributed by atoms with Crippen molar-refractivity contribution in [3.63, 3.8) is 0 Å². The van der Waals surface area contributed by atoms with Crippen molar-refractivity contribution in [2.75, 3.05) is 13.1 Å². The smallest absolute Gasteiger partial charge is 0.308 e. The zero-order chi connectivity index (χ0) is 13.1. The van der Waals surface area contributed by atoms with E-state index in [2.05, 4.69) is 5.32 Å². The number of carbonyl (C=O) groups is 1. The fourth-order valence-corrected chi connectivity index (χ4v) is 2.35. The molecule has 98 valence electrons. The minimum atomic E-state index is -0.729. The lowest BCUT2D eigenvalue weighted by Crippen LogP contribution is -2.20. The fraction of sp³-hybridized carbons (Fsp3) is 0.500. The molecule has 0 saturated carbocycles. The van der Waals surface area contributed by atoms with Crippen LogP contribution in [0.25, 0.3) is 0 Å². The molecule has 1 fully saturated rings. The third kappa shape index (κ3) is 2.82. The summed E-state index contributed by atoms with van der Waals surface area (Å²) in [5.41, 5.74) is 1.06. The van der Waals surface area contributed by atoms with Gasteiger partial charge in [0.15, 0.2) is 0 Å². The van der Waals surface area contributed by atoms with Gasteiger partial charge in [-0.1, -0.05) is 12.1 Å². The van der Waals surface area contributed by atoms with Crippen LogP contribution in [0.3, 0.4) is 0 Å². The first-order chi connectivity index (χ1) is 8.58. The van der Waals surface area contributed by atoms with Gasteiger partial charge < -0.3 is 15.2 Å². The molecule has 2 unspecified atom stereocenters. The lowest BCUT2D eigenvalue weighted by Gasteiger charge is -2.16. The lowest BCUT2D eigenvalue weighted by molar-refractivity contribution is -0.141. The summed E-state index contributed by atoms with van der Waals surface area (Å²) in [5, 5.41) is 12.3. The van der Waals surface area contributed by atoms with Crippen LogP contribution in [-0.2, 0) is 4.79 Å². The van der Waals surface area contributed by atoms with Gasteiger partial charge in [-0.3, -0.25) is 4.79 Å². The van der Waals surface area contributed by atoms with Crippen LogP contribution in [0.15, 0.2) is 24.3 Å². The van der Waals surface area contributed by atoms with E-state index < -0.39 is 5.97 Å². The summed E-state index contributed by atoms with van der Waals surface area (Å²) >= 11 is 0. The summed E-state index contributed by atoms with van der Waals surface area (Å²) in [5.74, 6) is -0.184. The highest BCUT2D eigenvalue weighted by Crippen LogP contribution is 2.29. The second-order valence-corrected chi connectivity index (χ2v) is 4.95. The van der Waals surface area contributed by atoms with Crippen LogP contribution in [0.5, 0.6) is 5.75 Å². The minimum Gasteiger partial charge on any atom is -0.491 e. The van der Waals surface area contributed by atoms with Crippen molar-refractivity contribution in [1.82, 2.24) is 5.32 Å². The molecule has 2 rings (SSSR count). The molecular weight excluding hydrogens is 230 g/mol. The highest BCUT2D eigenvalue weighted by Gasteiger charge is 2.33. The number of aliphatic carboxylic acids is 1. The molecule has 1 aromatic rings. The first-order valence-electron chi connectivity index (χ1n) is 6.28. The van der Waals surface area contributed by atoms with E-state index in [1.165, 1.54) is 0 Å². The number of hydrogen-bond acceptors (Lipinski definition) is 3. The van der Waals surface area contributed by atoms with E-state index in [1.54, 1.807) is 0 Å². The molecule has 1 heterocycles. The zero-order valence-corrected chi connectivity index (χ0v) is 10.7. The topological polar surface area (TPSA) is 58.6 Å². The molecule has 0 amide bonds. The Balaban J connectivity index is 2.11. The molecule has 1 aromatic carbocycles. The van der Waals surface area contributed by atoms with E-state index in [0.717, 1.165) is 17.9 Å². The van der Waals surface area contributed by atoms with Crippen molar-refractivity contribution in [2.45, 2.75) is 25.9 Å². The van der Waals surface area contributed by atoms with Crippen LogP contribution >= 0.6 is 0 Å². The second kappa shape index (κ2) is 5.40. The number of carboxylic acids is 1. The van der Waals surface area contributed by atoms with E-state index in [4.69, 9.17) is 9.84 Å². The van der Waals surface area contributed by atoms with Crippen molar-refractivity contribution < 1.29 is 14.6 Å². The molecule has 0 bridgehead atoms. The summed E-state index contributed by atoms with van der Waals surface area (Å²) in [4.78, 5) is 11.1. The maximum absolute atomic E-state index is 11.1. The molecule has 1 aliphatic rings. The van der Waals surface area contributed by atoms with Crippen molar-refractivity contribution in [3.05, 3.63) is 29.8 Å². The quantitative estimate of drug-likeness (QED) is 0.855. The Kier molecular flexibility index (Phi) is 3.87. The molecule has 1 aliphatic heterocycles. The number of benzene rings is 1. The summed E-state index contributed by atoms with van der Waals surface area (Å²) in [6.07, 6.45) is 0.149. The Hall–Kier alpha value is -1.55. The van der Waals surface area contributed by atoms with Gasteiger partial charge >= 0.3 is 5.97 Å². The van der Waals surface area contributed by atoms with Crippen LogP contribution in [0, 0.1) is 5.92 Å². The van der Waals surface area contributed by atoms with Crippen molar-refractivity contribution in [2.24, 2.45) is 5.92 Å². The molecule has 0 spiro atoms. The predicted octanol–water partition coefficient (Wildman–Crippen LogP) is 1.86. The van der Waals surface area contributed by atoms with Gasteiger partial charge in [0.2, 0.25) is 0 Å². The molecule has 18 heavy (non-hydrogen) atoms. The molecule has 2 N–H and O–H groups in total. The van der Waals surface area contributed by atoms with Gasteiger partial charge in [0.05, 0.1) is 12.0 Å². The summed E-state index contributed by atoms with van der Waals surface area (Å²) in [7, 11) is 0. The van der Waals surface area contributed by atoms with Crippen LogP contribution < -0.4 is 10.1 Å². The van der Waals surface area contributed by atoms with E-state index in [1.807, 2.05) is 38.1 Å². The number of ether oxygens (including phenoxy) is 1. The highest BCUT2D eigenvalue weighted by molar-refractivity contribution is 5.72. The average molecular weight is 249 g/mol. The zero-order valence-electron chi connectivity index (χ0n) is 10.7. The van der Waals surface area contributed by atoms with Crippen molar-refractivity contribution in [3.8, 4) is 5.75 Å². The number of carboxylic acid groups (broad SMARTS) is 1. The summed E-state index contributed by atoms with van der Waals surface area (Å²) in [6, 6.07) is 7.75. The van der Waals surface area contributed by atoms with Crippen LogP contribution in [0.1, 0.15) is 25.3 Å². The normalized spacial score (nSPS) is 23.3. The van der Waals surface area contributed by atoms with Crippen molar-refractivity contribution in [1.29, 1.82) is 0 Å². The predicted molar refractivity (Wildman–Crippen MR) is 68.9 cm³/mol. The highest BCUT2D eigenvalue weighted by atomic mass is 16.5. The molecule has 1 saturated heterocycles. The van der Waals surface area contributed by atoms with Crippen LogP contribution in [0.4, 0.5) is 0 Å². The van der Waals surface area contributed by atoms with Gasteiger partial charge in [0, 0.05) is 19.0 Å². The number of rotatable bonds is 4. The number of hydrogen-bond donors (Lipinski definition) is 2. The SMILES string of the molecule is CC(C)Oc1ccc(C2CNCC2C(=O)O)cc1. The maximum Gasteiger partial charge on any atom is 0.308 e. The van der Waals surface area contributed by atoms with Crippen LogP contribution in [0.2, 0.25) is 0 Å². The minimum absolute atomic E-state index is 0.0515. The molecule has 4 nitrogen and oxygen atoms in total. The van der Waals surface area contributed by atoms with Gasteiger partial charge in [-0.05, 0) is 31.5 Å². The van der Waals surface area contributed by atoms with Gasteiger partial charge in [0.1, 0.15) is 5.75 Å². The van der Waals surface area contributed by atoms with E-state index >= 15 is 0 Å². The average Bonchev–Trinajstić information content (AvgIpc) is 2.78.